The van der Waals surface area contributed by atoms with E-state index in [9.17, 15) is 4.39 Å². The molecule has 0 atom stereocenters. The van der Waals surface area contributed by atoms with E-state index in [4.69, 9.17) is 9.47 Å². The third kappa shape index (κ3) is 2.65. The van der Waals surface area contributed by atoms with Crippen LogP contribution in [0.2, 0.25) is 0 Å². The average Bonchev–Trinajstić information content (AvgIpc) is 3.05. The predicted octanol–water partition coefficient (Wildman–Crippen LogP) is 4.20. The predicted molar refractivity (Wildman–Crippen MR) is 90.8 cm³/mol. The van der Waals surface area contributed by atoms with E-state index in [0.717, 1.165) is 42.5 Å². The molecule has 0 saturated carbocycles. The minimum atomic E-state index is -0.257. The van der Waals surface area contributed by atoms with Crippen molar-refractivity contribution in [3.63, 3.8) is 0 Å². The zero-order valence-electron chi connectivity index (χ0n) is 13.5. The zero-order chi connectivity index (χ0) is 16.5. The van der Waals surface area contributed by atoms with Crippen LogP contribution in [0.4, 0.5) is 4.39 Å². The molecule has 1 aliphatic heterocycles. The molecular weight excluding hydrogens is 307 g/mol. The van der Waals surface area contributed by atoms with Gasteiger partial charge in [0.25, 0.3) is 0 Å². The quantitative estimate of drug-likeness (QED) is 0.723. The van der Waals surface area contributed by atoms with Crippen LogP contribution in [-0.2, 0) is 4.74 Å². The summed E-state index contributed by atoms with van der Waals surface area (Å²) in [5, 5.41) is 5.68. The van der Waals surface area contributed by atoms with Crippen LogP contribution in [0.1, 0.15) is 18.9 Å². The van der Waals surface area contributed by atoms with E-state index in [2.05, 4.69) is 5.10 Å². The summed E-state index contributed by atoms with van der Waals surface area (Å²) >= 11 is 0. The van der Waals surface area contributed by atoms with Crippen molar-refractivity contribution in [3.05, 3.63) is 48.4 Å². The Morgan fingerprint density at radius 1 is 1.17 bits per heavy atom. The molecule has 3 aromatic rings. The SMILES string of the molecule is COc1cc2nn(C3CCOCC3)cc2cc1-c1ccccc1F. The van der Waals surface area contributed by atoms with Gasteiger partial charge in [0.15, 0.2) is 0 Å². The number of rotatable bonds is 3. The second-order valence-electron chi connectivity index (χ2n) is 6.04. The Bertz CT molecular complexity index is 869. The maximum atomic E-state index is 14.2. The largest absolute Gasteiger partial charge is 0.496 e. The van der Waals surface area contributed by atoms with Crippen molar-refractivity contribution in [2.75, 3.05) is 20.3 Å². The summed E-state index contributed by atoms with van der Waals surface area (Å²) in [4.78, 5) is 0. The first-order valence-corrected chi connectivity index (χ1v) is 8.16. The Kier molecular flexibility index (Phi) is 3.94. The molecule has 124 valence electrons. The first-order valence-electron chi connectivity index (χ1n) is 8.16. The third-order valence-corrected chi connectivity index (χ3v) is 4.57. The molecule has 0 radical (unpaired) electrons. The molecule has 0 amide bonds. The number of aromatic nitrogens is 2. The molecular formula is C19H19FN2O2. The molecule has 5 heteroatoms. The molecule has 0 N–H and O–H groups in total. The Balaban J connectivity index is 1.81. The van der Waals surface area contributed by atoms with Crippen molar-refractivity contribution in [3.8, 4) is 16.9 Å². The molecule has 0 aliphatic carbocycles. The van der Waals surface area contributed by atoms with E-state index in [1.165, 1.54) is 6.07 Å². The van der Waals surface area contributed by atoms with Crippen LogP contribution in [0.15, 0.2) is 42.6 Å². The molecule has 1 aromatic heterocycles. The highest BCUT2D eigenvalue weighted by Crippen LogP contribution is 2.35. The van der Waals surface area contributed by atoms with Crippen LogP contribution >= 0.6 is 0 Å². The summed E-state index contributed by atoms with van der Waals surface area (Å²) in [5.74, 6) is 0.372. The van der Waals surface area contributed by atoms with Crippen LogP contribution in [0.25, 0.3) is 22.0 Å². The molecule has 4 rings (SSSR count). The molecule has 1 saturated heterocycles. The van der Waals surface area contributed by atoms with Crippen molar-refractivity contribution >= 4 is 10.9 Å². The second-order valence-corrected chi connectivity index (χ2v) is 6.04. The van der Waals surface area contributed by atoms with Gasteiger partial charge in [-0.05, 0) is 25.0 Å². The maximum Gasteiger partial charge on any atom is 0.131 e. The summed E-state index contributed by atoms with van der Waals surface area (Å²) in [5.41, 5.74) is 2.14. The van der Waals surface area contributed by atoms with Crippen LogP contribution < -0.4 is 4.74 Å². The van der Waals surface area contributed by atoms with Crippen molar-refractivity contribution in [1.29, 1.82) is 0 Å². The van der Waals surface area contributed by atoms with Crippen LogP contribution in [0.3, 0.4) is 0 Å². The number of benzene rings is 2. The van der Waals surface area contributed by atoms with Gasteiger partial charge in [-0.1, -0.05) is 18.2 Å². The van der Waals surface area contributed by atoms with E-state index in [1.54, 1.807) is 19.2 Å². The van der Waals surface area contributed by atoms with Crippen molar-refractivity contribution in [2.45, 2.75) is 18.9 Å². The number of nitrogens with zero attached hydrogens (tertiary/aromatic N) is 2. The van der Waals surface area contributed by atoms with Gasteiger partial charge in [-0.2, -0.15) is 5.10 Å². The summed E-state index contributed by atoms with van der Waals surface area (Å²) < 4.78 is 27.1. The topological polar surface area (TPSA) is 36.3 Å². The van der Waals surface area contributed by atoms with Gasteiger partial charge in [0.1, 0.15) is 11.6 Å². The summed E-state index contributed by atoms with van der Waals surface area (Å²) in [6.07, 6.45) is 3.96. The molecule has 0 spiro atoms. The molecule has 4 nitrogen and oxygen atoms in total. The van der Waals surface area contributed by atoms with E-state index >= 15 is 0 Å². The molecule has 24 heavy (non-hydrogen) atoms. The second kappa shape index (κ2) is 6.24. The minimum Gasteiger partial charge on any atom is -0.496 e. The Labute approximate surface area is 139 Å². The molecule has 1 fully saturated rings. The molecule has 2 aromatic carbocycles. The van der Waals surface area contributed by atoms with Crippen molar-refractivity contribution in [2.24, 2.45) is 0 Å². The van der Waals surface area contributed by atoms with E-state index < -0.39 is 0 Å². The zero-order valence-corrected chi connectivity index (χ0v) is 13.5. The minimum absolute atomic E-state index is 0.257. The number of hydrogen-bond acceptors (Lipinski definition) is 3. The van der Waals surface area contributed by atoms with Gasteiger partial charge in [0.2, 0.25) is 0 Å². The number of ether oxygens (including phenoxy) is 2. The molecule has 0 unspecified atom stereocenters. The molecule has 0 bridgehead atoms. The normalized spacial score (nSPS) is 15.8. The van der Waals surface area contributed by atoms with Crippen LogP contribution in [-0.4, -0.2) is 30.1 Å². The number of fused-ring (bicyclic) bond motifs is 1. The highest BCUT2D eigenvalue weighted by molar-refractivity contribution is 5.88. The van der Waals surface area contributed by atoms with Gasteiger partial charge in [0.05, 0.1) is 18.7 Å². The Morgan fingerprint density at radius 3 is 2.71 bits per heavy atom. The lowest BCUT2D eigenvalue weighted by Crippen LogP contribution is -2.19. The van der Waals surface area contributed by atoms with Crippen LogP contribution in [0, 0.1) is 5.82 Å². The Morgan fingerprint density at radius 2 is 1.96 bits per heavy atom. The third-order valence-electron chi connectivity index (χ3n) is 4.57. The van der Waals surface area contributed by atoms with Gasteiger partial charge in [0, 0.05) is 42.0 Å². The maximum absolute atomic E-state index is 14.2. The van der Waals surface area contributed by atoms with Gasteiger partial charge >= 0.3 is 0 Å². The molecule has 1 aliphatic rings. The lowest BCUT2D eigenvalue weighted by Gasteiger charge is -2.22. The Hall–Kier alpha value is -2.40. The van der Waals surface area contributed by atoms with Crippen molar-refractivity contribution in [1.82, 2.24) is 9.78 Å². The van der Waals surface area contributed by atoms with Crippen LogP contribution in [0.5, 0.6) is 5.75 Å². The lowest BCUT2D eigenvalue weighted by molar-refractivity contribution is 0.0664. The van der Waals surface area contributed by atoms with E-state index in [1.807, 2.05) is 29.1 Å². The molecule has 2 heterocycles. The highest BCUT2D eigenvalue weighted by atomic mass is 19.1. The van der Waals surface area contributed by atoms with Gasteiger partial charge in [-0.3, -0.25) is 4.68 Å². The number of hydrogen-bond donors (Lipinski definition) is 0. The fourth-order valence-corrected chi connectivity index (χ4v) is 3.27. The van der Waals surface area contributed by atoms with Gasteiger partial charge < -0.3 is 9.47 Å². The first kappa shape index (κ1) is 15.1. The van der Waals surface area contributed by atoms with Gasteiger partial charge in [-0.15, -0.1) is 0 Å². The number of methoxy groups -OCH3 is 1. The lowest BCUT2D eigenvalue weighted by atomic mass is 10.0. The standard InChI is InChI=1S/C19H19FN2O2/c1-23-19-11-18-13(10-16(19)15-4-2-3-5-17(15)20)12-22(21-18)14-6-8-24-9-7-14/h2-5,10-12,14H,6-9H2,1H3. The monoisotopic (exact) mass is 326 g/mol. The smallest absolute Gasteiger partial charge is 0.131 e. The van der Waals surface area contributed by atoms with E-state index in [0.29, 0.717) is 17.4 Å². The van der Waals surface area contributed by atoms with E-state index in [-0.39, 0.29) is 5.82 Å². The fraction of sp³-hybridized carbons (Fsp3) is 0.316. The van der Waals surface area contributed by atoms with Gasteiger partial charge in [-0.25, -0.2) is 4.39 Å². The van der Waals surface area contributed by atoms with Crippen molar-refractivity contribution < 1.29 is 13.9 Å². The summed E-state index contributed by atoms with van der Waals surface area (Å²) in [6, 6.07) is 10.9. The summed E-state index contributed by atoms with van der Waals surface area (Å²) in [7, 11) is 1.60. The first-order chi connectivity index (χ1) is 11.8. The average molecular weight is 326 g/mol. The number of halogens is 1. The fourth-order valence-electron chi connectivity index (χ4n) is 3.27. The summed E-state index contributed by atoms with van der Waals surface area (Å²) in [6.45, 7) is 1.54. The highest BCUT2D eigenvalue weighted by Gasteiger charge is 2.18.